The van der Waals surface area contributed by atoms with Gasteiger partial charge in [0.25, 0.3) is 0 Å². The van der Waals surface area contributed by atoms with E-state index in [9.17, 15) is 4.79 Å². The fourth-order valence-electron chi connectivity index (χ4n) is 1.77. The number of nitrogens with two attached hydrogens (primary N) is 1. The van der Waals surface area contributed by atoms with Gasteiger partial charge in [-0.25, -0.2) is 0 Å². The zero-order valence-corrected chi connectivity index (χ0v) is 10.5. The summed E-state index contributed by atoms with van der Waals surface area (Å²) in [7, 11) is 1.94. The molecule has 1 rings (SSSR count). The molecule has 0 radical (unpaired) electrons. The molecule has 5 heteroatoms. The van der Waals surface area contributed by atoms with Crippen LogP contribution in [0.2, 0.25) is 0 Å². The van der Waals surface area contributed by atoms with E-state index in [2.05, 4.69) is 0 Å². The molecule has 0 saturated carbocycles. The number of morpholine rings is 1. The molecule has 1 heterocycles. The second kappa shape index (κ2) is 6.18. The summed E-state index contributed by atoms with van der Waals surface area (Å²) in [6.07, 6.45) is 0. The molecule has 0 aromatic carbocycles. The Morgan fingerprint density at radius 3 is 2.50 bits per heavy atom. The second-order valence-electron chi connectivity index (χ2n) is 4.36. The van der Waals surface area contributed by atoms with E-state index in [1.165, 1.54) is 0 Å². The fourth-order valence-corrected chi connectivity index (χ4v) is 1.77. The maximum Gasteiger partial charge on any atom is 0.239 e. The van der Waals surface area contributed by atoms with Crippen LogP contribution in [0.5, 0.6) is 0 Å². The van der Waals surface area contributed by atoms with Gasteiger partial charge in [0.2, 0.25) is 5.91 Å². The summed E-state index contributed by atoms with van der Waals surface area (Å²) in [6.45, 7) is 7.23. The number of nitrogens with zero attached hydrogens (tertiary/aromatic N) is 2. The highest BCUT2D eigenvalue weighted by Gasteiger charge is 2.26. The Labute approximate surface area is 97.5 Å². The summed E-state index contributed by atoms with van der Waals surface area (Å²) in [5.74, 6) is 0.172. The lowest BCUT2D eigenvalue weighted by atomic mass is 10.2. The van der Waals surface area contributed by atoms with Gasteiger partial charge in [-0.05, 0) is 20.9 Å². The van der Waals surface area contributed by atoms with Crippen LogP contribution in [0.3, 0.4) is 0 Å². The maximum atomic E-state index is 12.1. The Morgan fingerprint density at radius 1 is 1.44 bits per heavy atom. The molecule has 94 valence electrons. The highest BCUT2D eigenvalue weighted by atomic mass is 16.5. The van der Waals surface area contributed by atoms with Gasteiger partial charge in [0, 0.05) is 25.7 Å². The van der Waals surface area contributed by atoms with Crippen LogP contribution >= 0.6 is 0 Å². The first-order chi connectivity index (χ1) is 7.57. The molecule has 1 saturated heterocycles. The van der Waals surface area contributed by atoms with E-state index >= 15 is 0 Å². The van der Waals surface area contributed by atoms with Gasteiger partial charge in [0.05, 0.1) is 19.3 Å². The monoisotopic (exact) mass is 229 g/mol. The lowest BCUT2D eigenvalue weighted by Crippen LogP contribution is -2.52. The molecule has 1 aliphatic rings. The Hall–Kier alpha value is -0.650. The zero-order chi connectivity index (χ0) is 12.1. The lowest BCUT2D eigenvalue weighted by Gasteiger charge is -2.34. The number of amides is 1. The number of carbonyl (C=O) groups is 1. The fraction of sp³-hybridized carbons (Fsp3) is 0.909. The van der Waals surface area contributed by atoms with Gasteiger partial charge in [-0.2, -0.15) is 0 Å². The number of likely N-dealkylation sites (N-methyl/N-ethyl adjacent to an activating group) is 1. The average molecular weight is 229 g/mol. The molecule has 1 fully saturated rings. The average Bonchev–Trinajstić information content (AvgIpc) is 2.36. The van der Waals surface area contributed by atoms with Crippen molar-refractivity contribution in [2.75, 3.05) is 39.9 Å². The van der Waals surface area contributed by atoms with Crippen molar-refractivity contribution in [3.05, 3.63) is 0 Å². The Kier molecular flexibility index (Phi) is 5.18. The van der Waals surface area contributed by atoms with Gasteiger partial charge >= 0.3 is 0 Å². The Balaban J connectivity index is 2.51. The number of hydrogen-bond acceptors (Lipinski definition) is 4. The molecule has 2 atom stereocenters. The van der Waals surface area contributed by atoms with Gasteiger partial charge < -0.3 is 15.4 Å². The molecular formula is C11H23N3O2. The predicted molar refractivity (Wildman–Crippen MR) is 63.1 cm³/mol. The first-order valence-corrected chi connectivity index (χ1v) is 5.86. The minimum absolute atomic E-state index is 0.114. The molecule has 0 bridgehead atoms. The molecule has 0 spiro atoms. The van der Waals surface area contributed by atoms with Crippen LogP contribution in [0.1, 0.15) is 13.8 Å². The standard InChI is InChI=1S/C11H23N3O2/c1-9(8-12)13(3)10(2)11(15)14-4-6-16-7-5-14/h9-10H,4-8,12H2,1-3H3. The van der Waals surface area contributed by atoms with Crippen molar-refractivity contribution in [3.63, 3.8) is 0 Å². The summed E-state index contributed by atoms with van der Waals surface area (Å²) < 4.78 is 5.23. The number of carbonyl (C=O) groups excluding carboxylic acids is 1. The maximum absolute atomic E-state index is 12.1. The van der Waals surface area contributed by atoms with E-state index in [1.807, 2.05) is 30.7 Å². The van der Waals surface area contributed by atoms with Crippen molar-refractivity contribution in [1.82, 2.24) is 9.80 Å². The molecule has 2 N–H and O–H groups in total. The van der Waals surface area contributed by atoms with E-state index in [4.69, 9.17) is 10.5 Å². The highest BCUT2D eigenvalue weighted by molar-refractivity contribution is 5.81. The van der Waals surface area contributed by atoms with Gasteiger partial charge in [-0.3, -0.25) is 9.69 Å². The van der Waals surface area contributed by atoms with Gasteiger partial charge in [-0.1, -0.05) is 0 Å². The van der Waals surface area contributed by atoms with E-state index < -0.39 is 0 Å². The first-order valence-electron chi connectivity index (χ1n) is 5.86. The van der Waals surface area contributed by atoms with E-state index in [1.54, 1.807) is 0 Å². The van der Waals surface area contributed by atoms with Crippen LogP contribution in [-0.2, 0) is 9.53 Å². The predicted octanol–water partition coefficient (Wildman–Crippen LogP) is -0.487. The van der Waals surface area contributed by atoms with Gasteiger partial charge in [0.15, 0.2) is 0 Å². The van der Waals surface area contributed by atoms with Crippen LogP contribution in [0.25, 0.3) is 0 Å². The third kappa shape index (κ3) is 3.17. The van der Waals surface area contributed by atoms with Crippen molar-refractivity contribution in [1.29, 1.82) is 0 Å². The van der Waals surface area contributed by atoms with Crippen LogP contribution in [0.15, 0.2) is 0 Å². The third-order valence-electron chi connectivity index (χ3n) is 3.33. The summed E-state index contributed by atoms with van der Waals surface area (Å²) in [6, 6.07) is 0.108. The number of ether oxygens (including phenoxy) is 1. The molecule has 5 nitrogen and oxygen atoms in total. The van der Waals surface area contributed by atoms with Crippen LogP contribution in [0.4, 0.5) is 0 Å². The van der Waals surface area contributed by atoms with Gasteiger partial charge in [0.1, 0.15) is 0 Å². The minimum atomic E-state index is -0.114. The van der Waals surface area contributed by atoms with Crippen LogP contribution in [0, 0.1) is 0 Å². The van der Waals surface area contributed by atoms with E-state index in [0.717, 1.165) is 0 Å². The van der Waals surface area contributed by atoms with Crippen molar-refractivity contribution in [2.24, 2.45) is 5.73 Å². The highest BCUT2D eigenvalue weighted by Crippen LogP contribution is 2.07. The van der Waals surface area contributed by atoms with Crippen molar-refractivity contribution < 1.29 is 9.53 Å². The normalized spacial score (nSPS) is 20.9. The number of hydrogen-bond donors (Lipinski definition) is 1. The van der Waals surface area contributed by atoms with Crippen molar-refractivity contribution in [2.45, 2.75) is 25.9 Å². The largest absolute Gasteiger partial charge is 0.378 e. The summed E-state index contributed by atoms with van der Waals surface area (Å²) in [4.78, 5) is 16.0. The van der Waals surface area contributed by atoms with E-state index in [-0.39, 0.29) is 18.0 Å². The van der Waals surface area contributed by atoms with Crippen molar-refractivity contribution >= 4 is 5.91 Å². The smallest absolute Gasteiger partial charge is 0.239 e. The Morgan fingerprint density at radius 2 is 2.00 bits per heavy atom. The number of rotatable bonds is 4. The molecule has 16 heavy (non-hydrogen) atoms. The second-order valence-corrected chi connectivity index (χ2v) is 4.36. The zero-order valence-electron chi connectivity index (χ0n) is 10.5. The van der Waals surface area contributed by atoms with Crippen molar-refractivity contribution in [3.8, 4) is 0 Å². The Bertz CT molecular complexity index is 229. The third-order valence-corrected chi connectivity index (χ3v) is 3.33. The molecule has 0 aromatic rings. The quantitative estimate of drug-likeness (QED) is 0.707. The molecule has 2 unspecified atom stereocenters. The summed E-state index contributed by atoms with van der Waals surface area (Å²) in [5.41, 5.74) is 5.60. The first kappa shape index (κ1) is 13.4. The summed E-state index contributed by atoms with van der Waals surface area (Å²) in [5, 5.41) is 0. The van der Waals surface area contributed by atoms with Crippen LogP contribution in [-0.4, -0.2) is 67.7 Å². The SMILES string of the molecule is CC(CN)N(C)C(C)C(=O)N1CCOCC1. The minimum Gasteiger partial charge on any atom is -0.378 e. The lowest BCUT2D eigenvalue weighted by molar-refractivity contribution is -0.140. The summed E-state index contributed by atoms with van der Waals surface area (Å²) >= 11 is 0. The molecule has 1 aliphatic heterocycles. The molecule has 0 aliphatic carbocycles. The van der Waals surface area contributed by atoms with E-state index in [0.29, 0.717) is 32.8 Å². The molecule has 0 aromatic heterocycles. The molecular weight excluding hydrogens is 206 g/mol. The topological polar surface area (TPSA) is 58.8 Å². The molecule has 1 amide bonds. The van der Waals surface area contributed by atoms with Crippen LogP contribution < -0.4 is 5.73 Å². The van der Waals surface area contributed by atoms with Gasteiger partial charge in [-0.15, -0.1) is 0 Å².